The van der Waals surface area contributed by atoms with E-state index in [1.165, 1.54) is 4.90 Å². The van der Waals surface area contributed by atoms with E-state index in [-0.39, 0.29) is 17.6 Å². The van der Waals surface area contributed by atoms with Gasteiger partial charge in [0, 0.05) is 5.69 Å². The maximum atomic E-state index is 13.0. The molecule has 3 aliphatic rings. The lowest BCUT2D eigenvalue weighted by Crippen LogP contribution is -2.33. The van der Waals surface area contributed by atoms with E-state index in [1.807, 2.05) is 6.92 Å². The first kappa shape index (κ1) is 18.6. The van der Waals surface area contributed by atoms with Crippen molar-refractivity contribution in [2.75, 3.05) is 4.90 Å². The van der Waals surface area contributed by atoms with E-state index in [2.05, 4.69) is 4.98 Å². The van der Waals surface area contributed by atoms with Crippen LogP contribution in [0.2, 0.25) is 0 Å². The maximum Gasteiger partial charge on any atom is 0.267 e. The van der Waals surface area contributed by atoms with Gasteiger partial charge in [-0.2, -0.15) is 0 Å². The lowest BCUT2D eigenvalue weighted by Gasteiger charge is -2.24. The van der Waals surface area contributed by atoms with Crippen molar-refractivity contribution in [3.05, 3.63) is 93.7 Å². The summed E-state index contributed by atoms with van der Waals surface area (Å²) >= 11 is 0. The molecule has 156 valence electrons. The number of imide groups is 2. The lowest BCUT2D eigenvalue weighted by atomic mass is 10.0. The Morgan fingerprint density at radius 2 is 1.28 bits per heavy atom. The van der Waals surface area contributed by atoms with Gasteiger partial charge in [-0.25, -0.2) is 9.88 Å². The Balaban J connectivity index is 1.39. The zero-order chi connectivity index (χ0) is 22.1. The van der Waals surface area contributed by atoms with E-state index < -0.39 is 17.9 Å². The molecule has 0 radical (unpaired) electrons. The highest BCUT2D eigenvalue weighted by atomic mass is 16.2. The van der Waals surface area contributed by atoms with Crippen LogP contribution < -0.4 is 4.90 Å². The van der Waals surface area contributed by atoms with Gasteiger partial charge < -0.3 is 0 Å². The number of anilines is 1. The van der Waals surface area contributed by atoms with Gasteiger partial charge in [0.15, 0.2) is 0 Å². The van der Waals surface area contributed by atoms with Crippen molar-refractivity contribution in [3.63, 3.8) is 0 Å². The molecular weight excluding hydrogens is 406 g/mol. The van der Waals surface area contributed by atoms with E-state index >= 15 is 0 Å². The maximum absolute atomic E-state index is 13.0. The Bertz CT molecular complexity index is 1320. The van der Waals surface area contributed by atoms with Crippen LogP contribution in [0, 0.1) is 6.92 Å². The average molecular weight is 423 g/mol. The van der Waals surface area contributed by atoms with Crippen LogP contribution in [0.3, 0.4) is 0 Å². The van der Waals surface area contributed by atoms with Crippen LogP contribution in [-0.4, -0.2) is 33.5 Å². The van der Waals surface area contributed by atoms with Gasteiger partial charge in [-0.3, -0.25) is 24.1 Å². The second kappa shape index (κ2) is 6.43. The van der Waals surface area contributed by atoms with Crippen LogP contribution in [0.1, 0.15) is 70.7 Å². The third kappa shape index (κ3) is 2.33. The number of carbonyl (C=O) groups is 4. The van der Waals surface area contributed by atoms with E-state index in [0.29, 0.717) is 40.8 Å². The fourth-order valence-corrected chi connectivity index (χ4v) is 5.05. The molecule has 0 saturated heterocycles. The molecule has 32 heavy (non-hydrogen) atoms. The monoisotopic (exact) mass is 423 g/mol. The number of benzene rings is 2. The third-order valence-electron chi connectivity index (χ3n) is 6.48. The van der Waals surface area contributed by atoms with Gasteiger partial charge in [0.25, 0.3) is 23.6 Å². The molecule has 1 atom stereocenters. The predicted molar refractivity (Wildman–Crippen MR) is 115 cm³/mol. The smallest absolute Gasteiger partial charge is 0.267 e. The van der Waals surface area contributed by atoms with E-state index in [1.54, 1.807) is 54.6 Å². The molecule has 7 nitrogen and oxygen atoms in total. The number of aromatic nitrogens is 1. The molecular formula is C25H17N3O4. The quantitative estimate of drug-likeness (QED) is 0.589. The van der Waals surface area contributed by atoms with Crippen molar-refractivity contribution in [1.29, 1.82) is 0 Å². The second-order valence-corrected chi connectivity index (χ2v) is 8.23. The summed E-state index contributed by atoms with van der Waals surface area (Å²) in [5.41, 5.74) is 3.87. The summed E-state index contributed by atoms with van der Waals surface area (Å²) in [6.45, 7) is 1.86. The van der Waals surface area contributed by atoms with Crippen LogP contribution >= 0.6 is 0 Å². The molecule has 3 heterocycles. The molecule has 0 saturated carbocycles. The van der Waals surface area contributed by atoms with Crippen LogP contribution in [0.25, 0.3) is 0 Å². The van der Waals surface area contributed by atoms with Crippen LogP contribution in [-0.2, 0) is 6.42 Å². The SMILES string of the molecule is Cc1cc(N2C(=O)c3ccccc3C2=O)nc2c1C(N1C(=O)c3ccccc3C1=O)CC2. The number of carbonyl (C=O) groups excluding carboxylic acids is 4. The summed E-state index contributed by atoms with van der Waals surface area (Å²) in [6, 6.07) is 14.8. The Labute approximate surface area is 183 Å². The molecule has 0 N–H and O–H groups in total. The minimum atomic E-state index is -0.416. The van der Waals surface area contributed by atoms with Crippen molar-refractivity contribution >= 4 is 29.4 Å². The Morgan fingerprint density at radius 1 is 0.781 bits per heavy atom. The minimum Gasteiger partial charge on any atom is -0.269 e. The first-order valence-corrected chi connectivity index (χ1v) is 10.4. The largest absolute Gasteiger partial charge is 0.269 e. The van der Waals surface area contributed by atoms with Crippen LogP contribution in [0.15, 0.2) is 54.6 Å². The van der Waals surface area contributed by atoms with Crippen molar-refractivity contribution in [3.8, 4) is 0 Å². The summed E-state index contributed by atoms with van der Waals surface area (Å²) in [5, 5.41) is 0. The number of aryl methyl sites for hydroxylation is 2. The van der Waals surface area contributed by atoms with Gasteiger partial charge in [0.05, 0.1) is 28.3 Å². The van der Waals surface area contributed by atoms with Crippen LogP contribution in [0.4, 0.5) is 5.82 Å². The van der Waals surface area contributed by atoms with Gasteiger partial charge in [-0.05, 0) is 61.2 Å². The van der Waals surface area contributed by atoms with Gasteiger partial charge in [0.1, 0.15) is 5.82 Å². The van der Waals surface area contributed by atoms with Gasteiger partial charge in [0.2, 0.25) is 0 Å². The molecule has 7 heteroatoms. The average Bonchev–Trinajstić information content (AvgIpc) is 3.41. The Morgan fingerprint density at radius 3 is 1.81 bits per heavy atom. The molecule has 0 bridgehead atoms. The summed E-state index contributed by atoms with van der Waals surface area (Å²) in [4.78, 5) is 58.8. The highest BCUT2D eigenvalue weighted by molar-refractivity contribution is 6.34. The first-order chi connectivity index (χ1) is 15.5. The molecule has 3 aromatic rings. The summed E-state index contributed by atoms with van der Waals surface area (Å²) in [7, 11) is 0. The number of amides is 4. The van der Waals surface area contributed by atoms with Crippen molar-refractivity contribution < 1.29 is 19.2 Å². The molecule has 2 aromatic carbocycles. The fraction of sp³-hybridized carbons (Fsp3) is 0.160. The molecule has 6 rings (SSSR count). The molecule has 1 aliphatic carbocycles. The molecule has 1 unspecified atom stereocenters. The van der Waals surface area contributed by atoms with Gasteiger partial charge in [-0.15, -0.1) is 0 Å². The highest BCUT2D eigenvalue weighted by Crippen LogP contribution is 2.42. The molecule has 2 aliphatic heterocycles. The first-order valence-electron chi connectivity index (χ1n) is 10.4. The molecule has 1 aromatic heterocycles. The van der Waals surface area contributed by atoms with Gasteiger partial charge >= 0.3 is 0 Å². The lowest BCUT2D eigenvalue weighted by molar-refractivity contribution is 0.0581. The second-order valence-electron chi connectivity index (χ2n) is 8.23. The topological polar surface area (TPSA) is 87.7 Å². The Hall–Kier alpha value is -4.13. The molecule has 0 fully saturated rings. The third-order valence-corrected chi connectivity index (χ3v) is 6.48. The number of fused-ring (bicyclic) bond motifs is 3. The van der Waals surface area contributed by atoms with Crippen molar-refractivity contribution in [2.24, 2.45) is 0 Å². The van der Waals surface area contributed by atoms with E-state index in [4.69, 9.17) is 0 Å². The number of rotatable bonds is 2. The van der Waals surface area contributed by atoms with Crippen molar-refractivity contribution in [2.45, 2.75) is 25.8 Å². The number of hydrogen-bond acceptors (Lipinski definition) is 5. The normalized spacial score (nSPS) is 19.0. The number of pyridine rings is 1. The van der Waals surface area contributed by atoms with Crippen LogP contribution in [0.5, 0.6) is 0 Å². The van der Waals surface area contributed by atoms with Crippen molar-refractivity contribution in [1.82, 2.24) is 9.88 Å². The molecule has 4 amide bonds. The number of hydrogen-bond donors (Lipinski definition) is 0. The highest BCUT2D eigenvalue weighted by Gasteiger charge is 2.44. The molecule has 0 spiro atoms. The number of nitrogens with zero attached hydrogens (tertiary/aromatic N) is 3. The Kier molecular flexibility index (Phi) is 3.74. The zero-order valence-corrected chi connectivity index (χ0v) is 17.2. The van der Waals surface area contributed by atoms with E-state index in [9.17, 15) is 19.2 Å². The summed E-state index contributed by atoms with van der Waals surface area (Å²) < 4.78 is 0. The summed E-state index contributed by atoms with van der Waals surface area (Å²) in [5.74, 6) is -1.12. The predicted octanol–water partition coefficient (Wildman–Crippen LogP) is 3.47. The minimum absolute atomic E-state index is 0.274. The summed E-state index contributed by atoms with van der Waals surface area (Å²) in [6.07, 6.45) is 1.10. The standard InChI is InChI=1S/C25H17N3O4/c1-13-12-20(28-24(31)16-8-4-5-9-17(16)25(28)32)26-18-10-11-19(21(13)18)27-22(29)14-6-2-3-7-15(14)23(27)30/h2-9,12,19H,10-11H2,1H3. The van der Waals surface area contributed by atoms with Gasteiger partial charge in [-0.1, -0.05) is 24.3 Å². The van der Waals surface area contributed by atoms with E-state index in [0.717, 1.165) is 16.0 Å². The fourth-order valence-electron chi connectivity index (χ4n) is 5.05. The zero-order valence-electron chi connectivity index (χ0n) is 17.2.